The molecule has 0 atom stereocenters. The summed E-state index contributed by atoms with van der Waals surface area (Å²) in [6, 6.07) is 12.0. The lowest BCUT2D eigenvalue weighted by Crippen LogP contribution is -2.32. The molecule has 0 saturated carbocycles. The van der Waals surface area contributed by atoms with E-state index in [1.165, 1.54) is 0 Å². The number of ether oxygens (including phenoxy) is 1. The highest BCUT2D eigenvalue weighted by atomic mass is 35.5. The first-order chi connectivity index (χ1) is 10.5. The van der Waals surface area contributed by atoms with Crippen LogP contribution in [-0.4, -0.2) is 19.2 Å². The Bertz CT molecular complexity index is 645. The molecule has 6 heteroatoms. The Kier molecular flexibility index (Phi) is 5.92. The second-order valence-corrected chi connectivity index (χ2v) is 5.52. The number of halogens is 2. The van der Waals surface area contributed by atoms with Crippen LogP contribution in [-0.2, 0) is 0 Å². The quantitative estimate of drug-likeness (QED) is 0.788. The maximum absolute atomic E-state index is 11.7. The monoisotopic (exact) mass is 338 g/mol. The van der Waals surface area contributed by atoms with E-state index >= 15 is 0 Å². The maximum Gasteiger partial charge on any atom is 0.319 e. The molecule has 2 rings (SSSR count). The van der Waals surface area contributed by atoms with Gasteiger partial charge in [-0.3, -0.25) is 0 Å². The van der Waals surface area contributed by atoms with Gasteiger partial charge in [0.25, 0.3) is 0 Å². The van der Waals surface area contributed by atoms with Gasteiger partial charge in [-0.2, -0.15) is 0 Å². The second kappa shape index (κ2) is 7.92. The number of benzene rings is 2. The summed E-state index contributed by atoms with van der Waals surface area (Å²) in [5.41, 5.74) is 1.63. The first kappa shape index (κ1) is 16.5. The van der Waals surface area contributed by atoms with Gasteiger partial charge >= 0.3 is 6.03 Å². The SMILES string of the molecule is Cc1cc(Cl)ccc1OCCNC(=O)Nc1ccc(Cl)cc1. The molecule has 4 nitrogen and oxygen atoms in total. The fourth-order valence-corrected chi connectivity index (χ4v) is 2.16. The molecular weight excluding hydrogens is 323 g/mol. The van der Waals surface area contributed by atoms with Gasteiger partial charge in [0.1, 0.15) is 12.4 Å². The third-order valence-corrected chi connectivity index (χ3v) is 3.37. The van der Waals surface area contributed by atoms with Gasteiger partial charge in [-0.25, -0.2) is 4.79 Å². The molecule has 0 aliphatic heterocycles. The number of hydrogen-bond donors (Lipinski definition) is 2. The van der Waals surface area contributed by atoms with E-state index in [0.29, 0.717) is 28.9 Å². The van der Waals surface area contributed by atoms with E-state index in [0.717, 1.165) is 11.3 Å². The summed E-state index contributed by atoms with van der Waals surface area (Å²) in [6.45, 7) is 2.68. The van der Waals surface area contributed by atoms with Crippen LogP contribution in [0.2, 0.25) is 10.0 Å². The van der Waals surface area contributed by atoms with Gasteiger partial charge in [-0.05, 0) is 55.0 Å². The van der Waals surface area contributed by atoms with Crippen molar-refractivity contribution in [3.05, 3.63) is 58.1 Å². The summed E-state index contributed by atoms with van der Waals surface area (Å²) in [5, 5.41) is 6.71. The van der Waals surface area contributed by atoms with Crippen LogP contribution in [0.3, 0.4) is 0 Å². The fraction of sp³-hybridized carbons (Fsp3) is 0.188. The van der Waals surface area contributed by atoms with E-state index in [-0.39, 0.29) is 6.03 Å². The summed E-state index contributed by atoms with van der Waals surface area (Å²) in [4.78, 5) is 11.7. The van der Waals surface area contributed by atoms with E-state index in [2.05, 4.69) is 10.6 Å². The van der Waals surface area contributed by atoms with Crippen molar-refractivity contribution >= 4 is 34.9 Å². The maximum atomic E-state index is 11.7. The lowest BCUT2D eigenvalue weighted by Gasteiger charge is -2.11. The molecule has 0 aromatic heterocycles. The van der Waals surface area contributed by atoms with Gasteiger partial charge in [0, 0.05) is 15.7 Å². The lowest BCUT2D eigenvalue weighted by atomic mass is 10.2. The van der Waals surface area contributed by atoms with E-state index in [1.807, 2.05) is 19.1 Å². The Morgan fingerprint density at radius 1 is 1.09 bits per heavy atom. The number of rotatable bonds is 5. The molecule has 0 aliphatic carbocycles. The van der Waals surface area contributed by atoms with Crippen LogP contribution in [0, 0.1) is 6.92 Å². The van der Waals surface area contributed by atoms with Gasteiger partial charge in [-0.15, -0.1) is 0 Å². The molecule has 0 unspecified atom stereocenters. The molecule has 22 heavy (non-hydrogen) atoms. The second-order valence-electron chi connectivity index (χ2n) is 4.65. The van der Waals surface area contributed by atoms with Crippen LogP contribution in [0.1, 0.15) is 5.56 Å². The van der Waals surface area contributed by atoms with Crippen molar-refractivity contribution in [2.75, 3.05) is 18.5 Å². The third kappa shape index (κ3) is 5.13. The fourth-order valence-electron chi connectivity index (χ4n) is 1.81. The Hall–Kier alpha value is -1.91. The third-order valence-electron chi connectivity index (χ3n) is 2.88. The van der Waals surface area contributed by atoms with Crippen molar-refractivity contribution < 1.29 is 9.53 Å². The van der Waals surface area contributed by atoms with Crippen LogP contribution < -0.4 is 15.4 Å². The summed E-state index contributed by atoms with van der Waals surface area (Å²) in [7, 11) is 0. The molecule has 0 heterocycles. The van der Waals surface area contributed by atoms with Gasteiger partial charge in [0.05, 0.1) is 6.54 Å². The number of aryl methyl sites for hydroxylation is 1. The van der Waals surface area contributed by atoms with Gasteiger partial charge in [-0.1, -0.05) is 23.2 Å². The summed E-state index contributed by atoms with van der Waals surface area (Å²) < 4.78 is 5.59. The number of carbonyl (C=O) groups excluding carboxylic acids is 1. The van der Waals surface area contributed by atoms with Crippen molar-refractivity contribution in [2.45, 2.75) is 6.92 Å². The highest BCUT2D eigenvalue weighted by molar-refractivity contribution is 6.30. The van der Waals surface area contributed by atoms with E-state index in [1.54, 1.807) is 30.3 Å². The minimum Gasteiger partial charge on any atom is -0.491 e. The molecule has 0 saturated heterocycles. The zero-order valence-electron chi connectivity index (χ0n) is 12.0. The summed E-state index contributed by atoms with van der Waals surface area (Å²) in [6.07, 6.45) is 0. The molecule has 2 aromatic carbocycles. The molecule has 116 valence electrons. The molecule has 2 aromatic rings. The molecule has 2 N–H and O–H groups in total. The van der Waals surface area contributed by atoms with E-state index < -0.39 is 0 Å². The Morgan fingerprint density at radius 2 is 1.77 bits per heavy atom. The Balaban J connectivity index is 1.72. The van der Waals surface area contributed by atoms with Gasteiger partial charge < -0.3 is 15.4 Å². The summed E-state index contributed by atoms with van der Waals surface area (Å²) in [5.74, 6) is 0.754. The molecule has 0 radical (unpaired) electrons. The molecular formula is C16H16Cl2N2O2. The first-order valence-corrected chi connectivity index (χ1v) is 7.49. The smallest absolute Gasteiger partial charge is 0.319 e. The van der Waals surface area contributed by atoms with Gasteiger partial charge in [0.2, 0.25) is 0 Å². The van der Waals surface area contributed by atoms with Crippen molar-refractivity contribution in [1.82, 2.24) is 5.32 Å². The van der Waals surface area contributed by atoms with Gasteiger partial charge in [0.15, 0.2) is 0 Å². The van der Waals surface area contributed by atoms with Crippen molar-refractivity contribution in [2.24, 2.45) is 0 Å². The minimum atomic E-state index is -0.293. The predicted octanol–water partition coefficient (Wildman–Crippen LogP) is 4.50. The van der Waals surface area contributed by atoms with Crippen LogP contribution in [0.4, 0.5) is 10.5 Å². The first-order valence-electron chi connectivity index (χ1n) is 6.74. The minimum absolute atomic E-state index is 0.293. The Morgan fingerprint density at radius 3 is 2.45 bits per heavy atom. The predicted molar refractivity (Wildman–Crippen MR) is 90.2 cm³/mol. The van der Waals surface area contributed by atoms with E-state index in [4.69, 9.17) is 27.9 Å². The number of carbonyl (C=O) groups is 1. The number of amides is 2. The standard InChI is InChI=1S/C16H16Cl2N2O2/c1-11-10-13(18)4-7-15(11)22-9-8-19-16(21)20-14-5-2-12(17)3-6-14/h2-7,10H,8-9H2,1H3,(H2,19,20,21). The number of urea groups is 1. The lowest BCUT2D eigenvalue weighted by molar-refractivity contribution is 0.247. The highest BCUT2D eigenvalue weighted by Gasteiger charge is 2.03. The van der Waals surface area contributed by atoms with Crippen LogP contribution in [0.5, 0.6) is 5.75 Å². The zero-order chi connectivity index (χ0) is 15.9. The van der Waals surface area contributed by atoms with Crippen molar-refractivity contribution in [1.29, 1.82) is 0 Å². The average molecular weight is 339 g/mol. The largest absolute Gasteiger partial charge is 0.491 e. The van der Waals surface area contributed by atoms with Crippen molar-refractivity contribution in [3.8, 4) is 5.75 Å². The molecule has 0 spiro atoms. The normalized spacial score (nSPS) is 10.1. The molecule has 2 amide bonds. The number of anilines is 1. The highest BCUT2D eigenvalue weighted by Crippen LogP contribution is 2.21. The van der Waals surface area contributed by atoms with Crippen molar-refractivity contribution in [3.63, 3.8) is 0 Å². The van der Waals surface area contributed by atoms with Crippen LogP contribution >= 0.6 is 23.2 Å². The molecule has 0 aliphatic rings. The average Bonchev–Trinajstić information content (AvgIpc) is 2.48. The molecule has 0 bridgehead atoms. The summed E-state index contributed by atoms with van der Waals surface area (Å²) >= 11 is 11.7. The zero-order valence-corrected chi connectivity index (χ0v) is 13.5. The van der Waals surface area contributed by atoms with Crippen LogP contribution in [0.15, 0.2) is 42.5 Å². The molecule has 0 fully saturated rings. The number of hydrogen-bond acceptors (Lipinski definition) is 2. The van der Waals surface area contributed by atoms with Crippen LogP contribution in [0.25, 0.3) is 0 Å². The Labute approximate surface area is 139 Å². The topological polar surface area (TPSA) is 50.4 Å². The number of nitrogens with one attached hydrogen (secondary N) is 2. The van der Waals surface area contributed by atoms with E-state index in [9.17, 15) is 4.79 Å².